The molecule has 0 saturated carbocycles. The molecule has 0 aliphatic heterocycles. The molecule has 66 heavy (non-hydrogen) atoms. The van der Waals surface area contributed by atoms with Gasteiger partial charge in [0.15, 0.2) is 0 Å². The van der Waals surface area contributed by atoms with Crippen LogP contribution in [-0.2, 0) is 14.3 Å². The highest BCUT2D eigenvalue weighted by molar-refractivity contribution is 5.76. The third-order valence-electron chi connectivity index (χ3n) is 13.8. The van der Waals surface area contributed by atoms with Crippen molar-refractivity contribution in [1.82, 2.24) is 5.32 Å². The molecule has 3 N–H and O–H groups in total. The first-order chi connectivity index (χ1) is 32.5. The summed E-state index contributed by atoms with van der Waals surface area (Å²) in [7, 11) is 0. The number of esters is 1. The van der Waals surface area contributed by atoms with Crippen LogP contribution < -0.4 is 5.32 Å². The number of amides is 1. The fourth-order valence-corrected chi connectivity index (χ4v) is 9.20. The lowest BCUT2D eigenvalue weighted by Crippen LogP contribution is -2.45. The van der Waals surface area contributed by atoms with Crippen molar-refractivity contribution in [2.24, 2.45) is 0 Å². The van der Waals surface area contributed by atoms with Crippen molar-refractivity contribution in [3.05, 3.63) is 24.3 Å². The standard InChI is InChI=1S/C60H115NO5/c1-3-5-7-9-11-13-15-17-18-19-20-24-27-30-34-38-42-46-50-54-60(65)66-55-51-47-43-39-35-31-28-25-22-21-23-26-29-33-37-41-45-49-53-59(64)61-57(56-62)58(63)52-48-44-40-36-32-16-14-12-10-8-6-4-2/h11,13,17-18,57-58,62-63H,3-10,12,14-16,19-56H2,1-2H3,(H,61,64)/b13-11-,18-17-. The number of ether oxygens (including phenoxy) is 1. The molecule has 0 aliphatic rings. The predicted octanol–water partition coefficient (Wildman–Crippen LogP) is 18.2. The third kappa shape index (κ3) is 51.7. The van der Waals surface area contributed by atoms with E-state index >= 15 is 0 Å². The summed E-state index contributed by atoms with van der Waals surface area (Å²) in [5, 5.41) is 23.2. The highest BCUT2D eigenvalue weighted by atomic mass is 16.5. The van der Waals surface area contributed by atoms with Gasteiger partial charge in [-0.25, -0.2) is 0 Å². The highest BCUT2D eigenvalue weighted by Gasteiger charge is 2.20. The van der Waals surface area contributed by atoms with Crippen molar-refractivity contribution in [3.8, 4) is 0 Å². The molecule has 0 aromatic rings. The summed E-state index contributed by atoms with van der Waals surface area (Å²) in [6.45, 7) is 4.93. The molecular formula is C60H115NO5. The van der Waals surface area contributed by atoms with E-state index in [1.807, 2.05) is 0 Å². The zero-order chi connectivity index (χ0) is 47.9. The number of aliphatic hydroxyl groups is 2. The van der Waals surface area contributed by atoms with Crippen LogP contribution in [0.25, 0.3) is 0 Å². The Morgan fingerprint density at radius 2 is 0.758 bits per heavy atom. The topological polar surface area (TPSA) is 95.9 Å². The van der Waals surface area contributed by atoms with Crippen LogP contribution >= 0.6 is 0 Å². The van der Waals surface area contributed by atoms with Gasteiger partial charge in [0, 0.05) is 12.8 Å². The predicted molar refractivity (Wildman–Crippen MR) is 287 cm³/mol. The molecule has 390 valence electrons. The van der Waals surface area contributed by atoms with E-state index < -0.39 is 12.1 Å². The summed E-state index contributed by atoms with van der Waals surface area (Å²) >= 11 is 0. The molecule has 0 heterocycles. The van der Waals surface area contributed by atoms with Crippen LogP contribution in [0.15, 0.2) is 24.3 Å². The molecule has 0 aliphatic carbocycles. The van der Waals surface area contributed by atoms with E-state index in [9.17, 15) is 19.8 Å². The first kappa shape index (κ1) is 64.3. The van der Waals surface area contributed by atoms with Crippen LogP contribution in [0.2, 0.25) is 0 Å². The van der Waals surface area contributed by atoms with E-state index in [0.717, 1.165) is 51.4 Å². The summed E-state index contributed by atoms with van der Waals surface area (Å²) < 4.78 is 5.49. The maximum absolute atomic E-state index is 12.4. The van der Waals surface area contributed by atoms with Gasteiger partial charge in [-0.1, -0.05) is 276 Å². The Hall–Kier alpha value is -1.66. The lowest BCUT2D eigenvalue weighted by Gasteiger charge is -2.22. The first-order valence-corrected chi connectivity index (χ1v) is 29.6. The van der Waals surface area contributed by atoms with Gasteiger partial charge in [-0.3, -0.25) is 9.59 Å². The largest absolute Gasteiger partial charge is 0.466 e. The van der Waals surface area contributed by atoms with E-state index in [2.05, 4.69) is 43.5 Å². The van der Waals surface area contributed by atoms with Gasteiger partial charge in [-0.15, -0.1) is 0 Å². The zero-order valence-corrected chi connectivity index (χ0v) is 44.4. The van der Waals surface area contributed by atoms with Crippen LogP contribution in [0.4, 0.5) is 0 Å². The number of hydrogen-bond donors (Lipinski definition) is 3. The summed E-state index contributed by atoms with van der Waals surface area (Å²) in [6.07, 6.45) is 67.4. The molecule has 1 amide bonds. The Morgan fingerprint density at radius 1 is 0.424 bits per heavy atom. The number of carbonyl (C=O) groups excluding carboxylic acids is 2. The maximum atomic E-state index is 12.4. The van der Waals surface area contributed by atoms with Gasteiger partial charge >= 0.3 is 5.97 Å². The summed E-state index contributed by atoms with van der Waals surface area (Å²) in [4.78, 5) is 24.5. The van der Waals surface area contributed by atoms with Crippen LogP contribution in [0.5, 0.6) is 0 Å². The van der Waals surface area contributed by atoms with Crippen LogP contribution in [0.1, 0.15) is 322 Å². The second kappa shape index (κ2) is 55.9. The van der Waals surface area contributed by atoms with Crippen molar-refractivity contribution >= 4 is 11.9 Å². The lowest BCUT2D eigenvalue weighted by atomic mass is 10.0. The van der Waals surface area contributed by atoms with Crippen molar-refractivity contribution in [1.29, 1.82) is 0 Å². The number of nitrogens with one attached hydrogen (secondary N) is 1. The van der Waals surface area contributed by atoms with E-state index in [4.69, 9.17) is 4.74 Å². The van der Waals surface area contributed by atoms with E-state index in [0.29, 0.717) is 25.9 Å². The fourth-order valence-electron chi connectivity index (χ4n) is 9.20. The average molecular weight is 931 g/mol. The van der Waals surface area contributed by atoms with Crippen molar-refractivity contribution in [2.45, 2.75) is 334 Å². The minimum atomic E-state index is -0.666. The molecule has 0 bridgehead atoms. The van der Waals surface area contributed by atoms with Crippen LogP contribution in [0.3, 0.4) is 0 Å². The maximum Gasteiger partial charge on any atom is 0.305 e. The number of aliphatic hydroxyl groups excluding tert-OH is 2. The number of allylic oxidation sites excluding steroid dienone is 4. The molecule has 6 nitrogen and oxygen atoms in total. The molecule has 2 unspecified atom stereocenters. The van der Waals surface area contributed by atoms with Gasteiger partial charge in [0.05, 0.1) is 25.4 Å². The SMILES string of the molecule is CCCCC/C=C\C/C=C\CCCCCCCCCCCC(=O)OCCCCCCCCCCCCCCCCCCCCC(=O)NC(CO)C(O)CCCCCCCCCCCCCC. The van der Waals surface area contributed by atoms with Crippen molar-refractivity contribution in [3.63, 3.8) is 0 Å². The van der Waals surface area contributed by atoms with E-state index in [1.54, 1.807) is 0 Å². The number of carbonyl (C=O) groups is 2. The molecule has 2 atom stereocenters. The molecule has 0 saturated heterocycles. The Bertz CT molecular complexity index is 1030. The lowest BCUT2D eigenvalue weighted by molar-refractivity contribution is -0.143. The molecule has 0 aromatic carbocycles. The molecule has 0 fully saturated rings. The molecule has 0 rings (SSSR count). The van der Waals surface area contributed by atoms with Crippen molar-refractivity contribution < 1.29 is 24.5 Å². The minimum absolute atomic E-state index is 0.00381. The van der Waals surface area contributed by atoms with Crippen LogP contribution in [-0.4, -0.2) is 47.4 Å². The van der Waals surface area contributed by atoms with Gasteiger partial charge in [-0.2, -0.15) is 0 Å². The Kier molecular flexibility index (Phi) is 54.5. The van der Waals surface area contributed by atoms with Gasteiger partial charge < -0.3 is 20.3 Å². The summed E-state index contributed by atoms with van der Waals surface area (Å²) in [5.74, 6) is -0.0349. The van der Waals surface area contributed by atoms with Gasteiger partial charge in [0.2, 0.25) is 5.91 Å². The molecule has 0 spiro atoms. The molecule has 0 aromatic heterocycles. The highest BCUT2D eigenvalue weighted by Crippen LogP contribution is 2.17. The van der Waals surface area contributed by atoms with Crippen molar-refractivity contribution in [2.75, 3.05) is 13.2 Å². The second-order valence-corrected chi connectivity index (χ2v) is 20.3. The summed E-state index contributed by atoms with van der Waals surface area (Å²) in [6, 6.07) is -0.543. The summed E-state index contributed by atoms with van der Waals surface area (Å²) in [5.41, 5.74) is 0. The minimum Gasteiger partial charge on any atom is -0.466 e. The van der Waals surface area contributed by atoms with Crippen LogP contribution in [0, 0.1) is 0 Å². The normalized spacial score (nSPS) is 12.7. The number of hydrogen-bond acceptors (Lipinski definition) is 5. The molecular weight excluding hydrogens is 815 g/mol. The third-order valence-corrected chi connectivity index (χ3v) is 13.8. The number of rotatable bonds is 55. The quantitative estimate of drug-likeness (QED) is 0.0321. The van der Waals surface area contributed by atoms with Gasteiger partial charge in [-0.05, 0) is 57.8 Å². The second-order valence-electron chi connectivity index (χ2n) is 20.3. The Labute approximate surface area is 411 Å². The first-order valence-electron chi connectivity index (χ1n) is 29.6. The van der Waals surface area contributed by atoms with Gasteiger partial charge in [0.1, 0.15) is 0 Å². The smallest absolute Gasteiger partial charge is 0.305 e. The van der Waals surface area contributed by atoms with E-state index in [1.165, 1.54) is 238 Å². The molecule has 0 radical (unpaired) electrons. The van der Waals surface area contributed by atoms with Gasteiger partial charge in [0.25, 0.3) is 0 Å². The monoisotopic (exact) mass is 930 g/mol. The Balaban J connectivity index is 3.38. The Morgan fingerprint density at radius 3 is 1.18 bits per heavy atom. The zero-order valence-electron chi connectivity index (χ0n) is 44.4. The van der Waals surface area contributed by atoms with E-state index in [-0.39, 0.29) is 18.5 Å². The number of unbranched alkanes of at least 4 members (excludes halogenated alkanes) is 40. The fraction of sp³-hybridized carbons (Fsp3) is 0.900. The average Bonchev–Trinajstić information content (AvgIpc) is 3.32. The molecule has 6 heteroatoms.